The van der Waals surface area contributed by atoms with E-state index in [4.69, 9.17) is 5.11 Å². The van der Waals surface area contributed by atoms with Gasteiger partial charge in [-0.2, -0.15) is 5.10 Å². The van der Waals surface area contributed by atoms with Crippen molar-refractivity contribution in [2.45, 2.75) is 19.4 Å². The smallest absolute Gasteiger partial charge is 0.305 e. The van der Waals surface area contributed by atoms with Crippen LogP contribution in [0, 0.1) is 5.82 Å². The first-order chi connectivity index (χ1) is 10.8. The summed E-state index contributed by atoms with van der Waals surface area (Å²) in [7, 11) is -3.60. The second-order valence-corrected chi connectivity index (χ2v) is 6.75. The van der Waals surface area contributed by atoms with Crippen molar-refractivity contribution in [3.8, 4) is 0 Å². The number of rotatable bonds is 8. The Morgan fingerprint density at radius 1 is 1.26 bits per heavy atom. The van der Waals surface area contributed by atoms with Crippen molar-refractivity contribution >= 4 is 21.8 Å². The first kappa shape index (κ1) is 16.9. The van der Waals surface area contributed by atoms with E-state index in [0.29, 0.717) is 5.56 Å². The standard InChI is InChI=1S/C14H16FN3O4S/c15-12-3-1-11(2-4-12)7-10-23(21,22)17-13-5-8-18(16-13)9-6-14(19)20/h1-5,8H,6-7,9-10H2,(H,16,17)(H,19,20). The number of aromatic nitrogens is 2. The Morgan fingerprint density at radius 2 is 1.96 bits per heavy atom. The van der Waals surface area contributed by atoms with Crippen molar-refractivity contribution < 1.29 is 22.7 Å². The van der Waals surface area contributed by atoms with Crippen LogP contribution in [0.25, 0.3) is 0 Å². The zero-order valence-electron chi connectivity index (χ0n) is 12.1. The molecule has 0 amide bonds. The lowest BCUT2D eigenvalue weighted by atomic mass is 10.2. The van der Waals surface area contributed by atoms with Gasteiger partial charge in [0.25, 0.3) is 0 Å². The number of anilines is 1. The number of hydrogen-bond donors (Lipinski definition) is 2. The minimum atomic E-state index is -3.60. The highest BCUT2D eigenvalue weighted by molar-refractivity contribution is 7.92. The molecule has 9 heteroatoms. The summed E-state index contributed by atoms with van der Waals surface area (Å²) < 4.78 is 40.4. The van der Waals surface area contributed by atoms with Crippen LogP contribution in [0.3, 0.4) is 0 Å². The minimum Gasteiger partial charge on any atom is -0.481 e. The molecule has 0 saturated carbocycles. The van der Waals surface area contributed by atoms with E-state index in [9.17, 15) is 17.6 Å². The van der Waals surface area contributed by atoms with Crippen molar-refractivity contribution in [1.82, 2.24) is 9.78 Å². The Morgan fingerprint density at radius 3 is 2.61 bits per heavy atom. The number of aryl methyl sites for hydroxylation is 2. The molecule has 0 bridgehead atoms. The fourth-order valence-electron chi connectivity index (χ4n) is 1.86. The van der Waals surface area contributed by atoms with E-state index in [1.54, 1.807) is 0 Å². The zero-order chi connectivity index (χ0) is 16.9. The molecule has 1 aromatic carbocycles. The van der Waals surface area contributed by atoms with Crippen LogP contribution in [-0.2, 0) is 27.8 Å². The zero-order valence-corrected chi connectivity index (χ0v) is 13.0. The van der Waals surface area contributed by atoms with Crippen LogP contribution in [0.5, 0.6) is 0 Å². The lowest BCUT2D eigenvalue weighted by Gasteiger charge is -2.05. The molecule has 0 radical (unpaired) electrons. The summed E-state index contributed by atoms with van der Waals surface area (Å²) >= 11 is 0. The van der Waals surface area contributed by atoms with E-state index in [0.717, 1.165) is 0 Å². The van der Waals surface area contributed by atoms with E-state index >= 15 is 0 Å². The average molecular weight is 341 g/mol. The minimum absolute atomic E-state index is 0.0988. The lowest BCUT2D eigenvalue weighted by molar-refractivity contribution is -0.137. The van der Waals surface area contributed by atoms with Crippen molar-refractivity contribution in [3.05, 3.63) is 47.9 Å². The van der Waals surface area contributed by atoms with Gasteiger partial charge in [-0.1, -0.05) is 12.1 Å². The largest absolute Gasteiger partial charge is 0.481 e. The molecule has 0 fully saturated rings. The third-order valence-electron chi connectivity index (χ3n) is 3.03. The van der Waals surface area contributed by atoms with Crippen molar-refractivity contribution in [3.63, 3.8) is 0 Å². The molecule has 2 N–H and O–H groups in total. The third-order valence-corrected chi connectivity index (χ3v) is 4.29. The number of nitrogens with zero attached hydrogens (tertiary/aromatic N) is 2. The number of benzene rings is 1. The van der Waals surface area contributed by atoms with Gasteiger partial charge < -0.3 is 5.11 Å². The fraction of sp³-hybridized carbons (Fsp3) is 0.286. The molecule has 0 spiro atoms. The Labute approximate surface area is 132 Å². The van der Waals surface area contributed by atoms with E-state index in [1.165, 1.54) is 41.2 Å². The van der Waals surface area contributed by atoms with E-state index < -0.39 is 16.0 Å². The van der Waals surface area contributed by atoms with Crippen LogP contribution in [0.4, 0.5) is 10.2 Å². The van der Waals surface area contributed by atoms with Gasteiger partial charge in [0.15, 0.2) is 5.82 Å². The molecule has 0 saturated heterocycles. The number of hydrogen-bond acceptors (Lipinski definition) is 4. The monoisotopic (exact) mass is 341 g/mol. The summed E-state index contributed by atoms with van der Waals surface area (Å²) in [4.78, 5) is 10.5. The summed E-state index contributed by atoms with van der Waals surface area (Å²) in [5, 5.41) is 12.5. The maximum Gasteiger partial charge on any atom is 0.305 e. The number of carbonyl (C=O) groups is 1. The Kier molecular flexibility index (Phi) is 5.32. The normalized spacial score (nSPS) is 11.3. The SMILES string of the molecule is O=C(O)CCn1ccc(NS(=O)(=O)CCc2ccc(F)cc2)n1. The third kappa shape index (κ3) is 5.70. The van der Waals surface area contributed by atoms with Crippen LogP contribution in [0.15, 0.2) is 36.5 Å². The highest BCUT2D eigenvalue weighted by Gasteiger charge is 2.13. The van der Waals surface area contributed by atoms with Gasteiger partial charge in [0.05, 0.1) is 18.7 Å². The first-order valence-electron chi connectivity index (χ1n) is 6.84. The van der Waals surface area contributed by atoms with Crippen LogP contribution in [0.1, 0.15) is 12.0 Å². The average Bonchev–Trinajstić information content (AvgIpc) is 2.91. The van der Waals surface area contributed by atoms with E-state index in [1.807, 2.05) is 0 Å². The molecule has 0 atom stereocenters. The predicted molar refractivity (Wildman–Crippen MR) is 82.0 cm³/mol. The van der Waals surface area contributed by atoms with Crippen LogP contribution < -0.4 is 4.72 Å². The molecular formula is C14H16FN3O4S. The lowest BCUT2D eigenvalue weighted by Crippen LogP contribution is -2.18. The maximum absolute atomic E-state index is 12.8. The molecule has 2 rings (SSSR count). The molecule has 0 aliphatic carbocycles. The van der Waals surface area contributed by atoms with Gasteiger partial charge in [-0.05, 0) is 24.1 Å². The molecule has 0 aliphatic rings. The fourth-order valence-corrected chi connectivity index (χ4v) is 2.90. The number of sulfonamides is 1. The van der Waals surface area contributed by atoms with Gasteiger partial charge >= 0.3 is 5.97 Å². The molecule has 0 unspecified atom stereocenters. The number of carboxylic acids is 1. The Balaban J connectivity index is 1.90. The summed E-state index contributed by atoms with van der Waals surface area (Å²) in [6.45, 7) is 0.159. The number of nitrogens with one attached hydrogen (secondary N) is 1. The molecule has 2 aromatic rings. The number of carboxylic acid groups (broad SMARTS) is 1. The second kappa shape index (κ2) is 7.23. The summed E-state index contributed by atoms with van der Waals surface area (Å²) in [6, 6.07) is 7.08. The highest BCUT2D eigenvalue weighted by atomic mass is 32.2. The number of aliphatic carboxylic acids is 1. The van der Waals surface area contributed by atoms with Crippen molar-refractivity contribution in [2.75, 3.05) is 10.5 Å². The molecular weight excluding hydrogens is 325 g/mol. The summed E-state index contributed by atoms with van der Waals surface area (Å²) in [6.07, 6.45) is 1.65. The van der Waals surface area contributed by atoms with Gasteiger partial charge in [0.2, 0.25) is 10.0 Å². The Bertz CT molecular complexity index is 772. The van der Waals surface area contributed by atoms with Crippen LogP contribution in [-0.4, -0.2) is 35.0 Å². The van der Waals surface area contributed by atoms with Gasteiger partial charge in [-0.3, -0.25) is 14.2 Å². The first-order valence-corrected chi connectivity index (χ1v) is 8.49. The van der Waals surface area contributed by atoms with E-state index in [2.05, 4.69) is 9.82 Å². The van der Waals surface area contributed by atoms with Gasteiger partial charge in [-0.25, -0.2) is 12.8 Å². The molecule has 1 heterocycles. The van der Waals surface area contributed by atoms with Gasteiger partial charge in [0, 0.05) is 12.3 Å². The van der Waals surface area contributed by atoms with Crippen molar-refractivity contribution in [1.29, 1.82) is 0 Å². The van der Waals surface area contributed by atoms with Gasteiger partial charge in [-0.15, -0.1) is 0 Å². The molecule has 23 heavy (non-hydrogen) atoms. The van der Waals surface area contributed by atoms with Gasteiger partial charge in [0.1, 0.15) is 5.82 Å². The maximum atomic E-state index is 12.8. The molecule has 124 valence electrons. The number of halogens is 1. The van der Waals surface area contributed by atoms with Crippen LogP contribution >= 0.6 is 0 Å². The van der Waals surface area contributed by atoms with E-state index in [-0.39, 0.29) is 36.8 Å². The highest BCUT2D eigenvalue weighted by Crippen LogP contribution is 2.09. The predicted octanol–water partition coefficient (Wildman–Crippen LogP) is 1.48. The van der Waals surface area contributed by atoms with Crippen molar-refractivity contribution in [2.24, 2.45) is 0 Å². The molecule has 7 nitrogen and oxygen atoms in total. The summed E-state index contributed by atoms with van der Waals surface area (Å²) in [5.41, 5.74) is 0.712. The molecule has 0 aliphatic heterocycles. The summed E-state index contributed by atoms with van der Waals surface area (Å²) in [5.74, 6) is -1.36. The quantitative estimate of drug-likeness (QED) is 0.757. The molecule has 1 aromatic heterocycles. The Hall–Kier alpha value is -2.42. The topological polar surface area (TPSA) is 101 Å². The second-order valence-electron chi connectivity index (χ2n) is 4.91. The van der Waals surface area contributed by atoms with Crippen LogP contribution in [0.2, 0.25) is 0 Å².